The summed E-state index contributed by atoms with van der Waals surface area (Å²) in [6.45, 7) is 0. The van der Waals surface area contributed by atoms with E-state index in [1.807, 2.05) is 48.5 Å². The van der Waals surface area contributed by atoms with E-state index >= 15 is 0 Å². The highest BCUT2D eigenvalue weighted by Gasteiger charge is 2.13. The van der Waals surface area contributed by atoms with Crippen LogP contribution in [0.3, 0.4) is 0 Å². The van der Waals surface area contributed by atoms with Gasteiger partial charge in [-0.25, -0.2) is 0 Å². The van der Waals surface area contributed by atoms with Gasteiger partial charge in [0.1, 0.15) is 5.75 Å². The van der Waals surface area contributed by atoms with Crippen LogP contribution in [-0.2, 0) is 0 Å². The van der Waals surface area contributed by atoms with Gasteiger partial charge < -0.3 is 10.5 Å². The number of rotatable bonds is 3. The van der Waals surface area contributed by atoms with Gasteiger partial charge in [-0.3, -0.25) is 0 Å². The lowest BCUT2D eigenvalue weighted by molar-refractivity contribution is 0.408. The zero-order valence-electron chi connectivity index (χ0n) is 9.56. The molecular formula is C14H14BrNO. The number of hydrogen-bond acceptors (Lipinski definition) is 2. The van der Waals surface area contributed by atoms with Crippen LogP contribution in [0.15, 0.2) is 53.0 Å². The second kappa shape index (κ2) is 5.34. The molecule has 2 aromatic carbocycles. The molecule has 2 N–H and O–H groups in total. The van der Waals surface area contributed by atoms with E-state index in [2.05, 4.69) is 15.9 Å². The number of benzene rings is 2. The molecule has 0 saturated heterocycles. The van der Waals surface area contributed by atoms with Crippen LogP contribution in [0, 0.1) is 0 Å². The van der Waals surface area contributed by atoms with E-state index < -0.39 is 0 Å². The fourth-order valence-corrected chi connectivity index (χ4v) is 2.22. The third-order valence-electron chi connectivity index (χ3n) is 2.68. The van der Waals surface area contributed by atoms with E-state index in [4.69, 9.17) is 10.5 Å². The highest BCUT2D eigenvalue weighted by atomic mass is 79.9. The van der Waals surface area contributed by atoms with E-state index in [9.17, 15) is 0 Å². The monoisotopic (exact) mass is 291 g/mol. The van der Waals surface area contributed by atoms with Crippen molar-refractivity contribution in [1.82, 2.24) is 0 Å². The van der Waals surface area contributed by atoms with Crippen molar-refractivity contribution < 1.29 is 4.74 Å². The first-order valence-electron chi connectivity index (χ1n) is 5.36. The van der Waals surface area contributed by atoms with E-state index in [-0.39, 0.29) is 6.04 Å². The molecule has 1 atom stereocenters. The molecule has 0 spiro atoms. The zero-order valence-corrected chi connectivity index (χ0v) is 11.1. The number of hydrogen-bond donors (Lipinski definition) is 1. The standard InChI is InChI=1S/C14H14BrNO/c1-17-13-8-3-2-7-12(13)14(16)10-5-4-6-11(15)9-10/h2-9,14H,16H2,1H3. The lowest BCUT2D eigenvalue weighted by atomic mass is 9.99. The van der Waals surface area contributed by atoms with Crippen LogP contribution in [0.4, 0.5) is 0 Å². The van der Waals surface area contributed by atoms with Gasteiger partial charge in [-0.2, -0.15) is 0 Å². The largest absolute Gasteiger partial charge is 0.496 e. The van der Waals surface area contributed by atoms with Crippen LogP contribution in [0.25, 0.3) is 0 Å². The van der Waals surface area contributed by atoms with E-state index in [1.54, 1.807) is 7.11 Å². The minimum Gasteiger partial charge on any atom is -0.496 e. The third-order valence-corrected chi connectivity index (χ3v) is 3.18. The molecule has 0 bridgehead atoms. The predicted octanol–water partition coefficient (Wildman–Crippen LogP) is 3.51. The van der Waals surface area contributed by atoms with Crippen molar-refractivity contribution in [2.75, 3.05) is 7.11 Å². The van der Waals surface area contributed by atoms with Crippen molar-refractivity contribution >= 4 is 15.9 Å². The summed E-state index contributed by atoms with van der Waals surface area (Å²) in [4.78, 5) is 0. The van der Waals surface area contributed by atoms with Crippen molar-refractivity contribution in [3.63, 3.8) is 0 Å². The van der Waals surface area contributed by atoms with Gasteiger partial charge in [0.15, 0.2) is 0 Å². The quantitative estimate of drug-likeness (QED) is 0.939. The van der Waals surface area contributed by atoms with E-state index in [0.717, 1.165) is 21.3 Å². The van der Waals surface area contributed by atoms with Gasteiger partial charge in [0.25, 0.3) is 0 Å². The molecule has 1 unspecified atom stereocenters. The van der Waals surface area contributed by atoms with Crippen LogP contribution >= 0.6 is 15.9 Å². The highest BCUT2D eigenvalue weighted by molar-refractivity contribution is 9.10. The maximum atomic E-state index is 6.26. The first-order valence-corrected chi connectivity index (χ1v) is 6.15. The second-order valence-corrected chi connectivity index (χ2v) is 4.69. The summed E-state index contributed by atoms with van der Waals surface area (Å²) in [5, 5.41) is 0. The van der Waals surface area contributed by atoms with Gasteiger partial charge in [0.05, 0.1) is 13.2 Å². The Kier molecular flexibility index (Phi) is 3.82. The van der Waals surface area contributed by atoms with Crippen molar-refractivity contribution in [3.05, 3.63) is 64.1 Å². The summed E-state index contributed by atoms with van der Waals surface area (Å²) in [5.41, 5.74) is 8.31. The number of para-hydroxylation sites is 1. The molecule has 0 aliphatic heterocycles. The SMILES string of the molecule is COc1ccccc1C(N)c1cccc(Br)c1. The van der Waals surface area contributed by atoms with Crippen LogP contribution in [-0.4, -0.2) is 7.11 Å². The minimum absolute atomic E-state index is 0.177. The Balaban J connectivity index is 2.40. The van der Waals surface area contributed by atoms with Crippen LogP contribution in [0.2, 0.25) is 0 Å². The van der Waals surface area contributed by atoms with Crippen LogP contribution < -0.4 is 10.5 Å². The van der Waals surface area contributed by atoms with Gasteiger partial charge >= 0.3 is 0 Å². The topological polar surface area (TPSA) is 35.2 Å². The predicted molar refractivity (Wildman–Crippen MR) is 73.2 cm³/mol. The number of methoxy groups -OCH3 is 1. The number of ether oxygens (including phenoxy) is 1. The molecule has 0 fully saturated rings. The number of halogens is 1. The Bertz CT molecular complexity index is 513. The smallest absolute Gasteiger partial charge is 0.123 e. The van der Waals surface area contributed by atoms with Gasteiger partial charge in [-0.15, -0.1) is 0 Å². The molecule has 17 heavy (non-hydrogen) atoms. The summed E-state index contributed by atoms with van der Waals surface area (Å²) in [6.07, 6.45) is 0. The first kappa shape index (κ1) is 12.1. The van der Waals surface area contributed by atoms with Crippen LogP contribution in [0.5, 0.6) is 5.75 Å². The summed E-state index contributed by atoms with van der Waals surface area (Å²) >= 11 is 3.45. The first-order chi connectivity index (χ1) is 8.22. The minimum atomic E-state index is -0.177. The van der Waals surface area contributed by atoms with Crippen molar-refractivity contribution in [3.8, 4) is 5.75 Å². The Morgan fingerprint density at radius 2 is 1.88 bits per heavy atom. The van der Waals surface area contributed by atoms with Gasteiger partial charge in [-0.05, 0) is 23.8 Å². The van der Waals surface area contributed by atoms with Gasteiger partial charge in [0.2, 0.25) is 0 Å². The summed E-state index contributed by atoms with van der Waals surface area (Å²) in [7, 11) is 1.66. The summed E-state index contributed by atoms with van der Waals surface area (Å²) in [5.74, 6) is 0.819. The Morgan fingerprint density at radius 3 is 2.59 bits per heavy atom. The fraction of sp³-hybridized carbons (Fsp3) is 0.143. The molecular weight excluding hydrogens is 278 g/mol. The highest BCUT2D eigenvalue weighted by Crippen LogP contribution is 2.28. The Hall–Kier alpha value is -1.32. The number of nitrogens with two attached hydrogens (primary N) is 1. The molecule has 0 amide bonds. The maximum absolute atomic E-state index is 6.26. The molecule has 0 aromatic heterocycles. The van der Waals surface area contributed by atoms with Crippen LogP contribution in [0.1, 0.15) is 17.2 Å². The molecule has 0 saturated carbocycles. The maximum Gasteiger partial charge on any atom is 0.123 e. The summed E-state index contributed by atoms with van der Waals surface area (Å²) in [6, 6.07) is 15.7. The lowest BCUT2D eigenvalue weighted by Crippen LogP contribution is -2.12. The van der Waals surface area contributed by atoms with Gasteiger partial charge in [-0.1, -0.05) is 46.3 Å². The molecule has 2 nitrogen and oxygen atoms in total. The molecule has 88 valence electrons. The molecule has 3 heteroatoms. The van der Waals surface area contributed by atoms with Crippen molar-refractivity contribution in [2.24, 2.45) is 5.73 Å². The Labute approximate surface area is 110 Å². The molecule has 0 aliphatic rings. The van der Waals surface area contributed by atoms with E-state index in [0.29, 0.717) is 0 Å². The average molecular weight is 292 g/mol. The molecule has 2 aromatic rings. The third kappa shape index (κ3) is 2.68. The Morgan fingerprint density at radius 1 is 1.12 bits per heavy atom. The van der Waals surface area contributed by atoms with Crippen molar-refractivity contribution in [1.29, 1.82) is 0 Å². The fourth-order valence-electron chi connectivity index (χ4n) is 1.80. The lowest BCUT2D eigenvalue weighted by Gasteiger charge is -2.16. The van der Waals surface area contributed by atoms with E-state index in [1.165, 1.54) is 0 Å². The average Bonchev–Trinajstić information content (AvgIpc) is 2.38. The normalized spacial score (nSPS) is 12.2. The second-order valence-electron chi connectivity index (χ2n) is 3.77. The molecule has 2 rings (SSSR count). The van der Waals surface area contributed by atoms with Gasteiger partial charge in [0, 0.05) is 10.0 Å². The van der Waals surface area contributed by atoms with Crippen molar-refractivity contribution in [2.45, 2.75) is 6.04 Å². The molecule has 0 aliphatic carbocycles. The summed E-state index contributed by atoms with van der Waals surface area (Å²) < 4.78 is 6.35. The zero-order chi connectivity index (χ0) is 12.3. The molecule has 0 heterocycles. The molecule has 0 radical (unpaired) electrons.